The van der Waals surface area contributed by atoms with Gasteiger partial charge in [-0.05, 0) is 32.2 Å². The van der Waals surface area contributed by atoms with Gasteiger partial charge in [-0.15, -0.1) is 0 Å². The van der Waals surface area contributed by atoms with Crippen molar-refractivity contribution in [3.05, 3.63) is 0 Å². The summed E-state index contributed by atoms with van der Waals surface area (Å²) >= 11 is 0. The Hall–Kier alpha value is -0.120. The standard InChI is InChI=1S/C12H27NO2/c1-11(2)10-13(8-9-15-4)7-5-6-12(3)14/h11-12,14H,5-10H2,1-4H3. The van der Waals surface area contributed by atoms with E-state index in [1.165, 1.54) is 0 Å². The van der Waals surface area contributed by atoms with Crippen LogP contribution in [0.15, 0.2) is 0 Å². The Morgan fingerprint density at radius 2 is 1.87 bits per heavy atom. The molecule has 0 aliphatic heterocycles. The van der Waals surface area contributed by atoms with E-state index < -0.39 is 0 Å². The molecule has 3 heteroatoms. The molecule has 0 fully saturated rings. The minimum Gasteiger partial charge on any atom is -0.393 e. The normalized spacial score (nSPS) is 13.8. The second-order valence-corrected chi connectivity index (χ2v) is 4.68. The van der Waals surface area contributed by atoms with Crippen molar-refractivity contribution in [2.24, 2.45) is 5.92 Å². The van der Waals surface area contributed by atoms with Crippen LogP contribution in [-0.2, 0) is 4.74 Å². The van der Waals surface area contributed by atoms with Gasteiger partial charge in [0.15, 0.2) is 0 Å². The first-order chi connectivity index (χ1) is 7.06. The summed E-state index contributed by atoms with van der Waals surface area (Å²) in [7, 11) is 1.74. The Labute approximate surface area is 94.4 Å². The van der Waals surface area contributed by atoms with Gasteiger partial charge >= 0.3 is 0 Å². The summed E-state index contributed by atoms with van der Waals surface area (Å²) < 4.78 is 5.09. The maximum atomic E-state index is 9.18. The fourth-order valence-electron chi connectivity index (χ4n) is 1.64. The molecule has 0 aromatic rings. The van der Waals surface area contributed by atoms with Gasteiger partial charge in [-0.2, -0.15) is 0 Å². The highest BCUT2D eigenvalue weighted by molar-refractivity contribution is 4.61. The Morgan fingerprint density at radius 1 is 1.20 bits per heavy atom. The zero-order valence-corrected chi connectivity index (χ0v) is 10.7. The van der Waals surface area contributed by atoms with E-state index >= 15 is 0 Å². The molecule has 3 nitrogen and oxygen atoms in total. The topological polar surface area (TPSA) is 32.7 Å². The van der Waals surface area contributed by atoms with Crippen molar-refractivity contribution in [2.75, 3.05) is 33.4 Å². The largest absolute Gasteiger partial charge is 0.393 e. The SMILES string of the molecule is COCCN(CCCC(C)O)CC(C)C. The van der Waals surface area contributed by atoms with Gasteiger partial charge in [0.2, 0.25) is 0 Å². The predicted molar refractivity (Wildman–Crippen MR) is 64.1 cm³/mol. The minimum atomic E-state index is -0.173. The van der Waals surface area contributed by atoms with Gasteiger partial charge in [-0.1, -0.05) is 13.8 Å². The van der Waals surface area contributed by atoms with Crippen LogP contribution in [0, 0.1) is 5.92 Å². The highest BCUT2D eigenvalue weighted by atomic mass is 16.5. The fourth-order valence-corrected chi connectivity index (χ4v) is 1.64. The molecule has 0 heterocycles. The lowest BCUT2D eigenvalue weighted by atomic mass is 10.1. The molecule has 0 aliphatic carbocycles. The molecule has 1 N–H and O–H groups in total. The van der Waals surface area contributed by atoms with Crippen LogP contribution in [0.4, 0.5) is 0 Å². The smallest absolute Gasteiger partial charge is 0.0589 e. The number of hydrogen-bond acceptors (Lipinski definition) is 3. The summed E-state index contributed by atoms with van der Waals surface area (Å²) in [5.41, 5.74) is 0. The third-order valence-electron chi connectivity index (χ3n) is 2.33. The maximum absolute atomic E-state index is 9.18. The molecule has 15 heavy (non-hydrogen) atoms. The van der Waals surface area contributed by atoms with Crippen LogP contribution in [0.2, 0.25) is 0 Å². The lowest BCUT2D eigenvalue weighted by Gasteiger charge is -2.24. The fraction of sp³-hybridized carbons (Fsp3) is 1.00. The van der Waals surface area contributed by atoms with E-state index in [4.69, 9.17) is 4.74 Å². The highest BCUT2D eigenvalue weighted by Gasteiger charge is 2.07. The highest BCUT2D eigenvalue weighted by Crippen LogP contribution is 2.03. The minimum absolute atomic E-state index is 0.173. The van der Waals surface area contributed by atoms with Crippen LogP contribution in [-0.4, -0.2) is 49.5 Å². The molecule has 0 amide bonds. The molecule has 0 bridgehead atoms. The van der Waals surface area contributed by atoms with Crippen molar-refractivity contribution in [2.45, 2.75) is 39.7 Å². The van der Waals surface area contributed by atoms with Crippen LogP contribution in [0.3, 0.4) is 0 Å². The second-order valence-electron chi connectivity index (χ2n) is 4.68. The third kappa shape index (κ3) is 10.2. The van der Waals surface area contributed by atoms with Crippen molar-refractivity contribution in [3.63, 3.8) is 0 Å². The Kier molecular flexibility index (Phi) is 9.06. The van der Waals surface area contributed by atoms with E-state index in [1.807, 2.05) is 6.92 Å². The zero-order valence-electron chi connectivity index (χ0n) is 10.7. The summed E-state index contributed by atoms with van der Waals surface area (Å²) in [5.74, 6) is 0.688. The monoisotopic (exact) mass is 217 g/mol. The number of nitrogens with zero attached hydrogens (tertiary/aromatic N) is 1. The average molecular weight is 217 g/mol. The quantitative estimate of drug-likeness (QED) is 0.638. The number of ether oxygens (including phenoxy) is 1. The number of methoxy groups -OCH3 is 1. The van der Waals surface area contributed by atoms with Crippen LogP contribution < -0.4 is 0 Å². The molecule has 0 radical (unpaired) electrons. The summed E-state index contributed by atoms with van der Waals surface area (Å²) in [5, 5.41) is 9.18. The molecule has 0 aliphatic rings. The summed E-state index contributed by atoms with van der Waals surface area (Å²) in [4.78, 5) is 2.41. The molecule has 0 aromatic heterocycles. The van der Waals surface area contributed by atoms with Crippen LogP contribution >= 0.6 is 0 Å². The second kappa shape index (κ2) is 9.13. The number of rotatable bonds is 9. The summed E-state index contributed by atoms with van der Waals surface area (Å²) in [6, 6.07) is 0. The molecule has 92 valence electrons. The first kappa shape index (κ1) is 14.9. The van der Waals surface area contributed by atoms with Crippen molar-refractivity contribution < 1.29 is 9.84 Å². The van der Waals surface area contributed by atoms with E-state index in [2.05, 4.69) is 18.7 Å². The van der Waals surface area contributed by atoms with Crippen molar-refractivity contribution in [1.29, 1.82) is 0 Å². The number of aliphatic hydroxyl groups excluding tert-OH is 1. The summed E-state index contributed by atoms with van der Waals surface area (Å²) in [6.45, 7) is 10.3. The van der Waals surface area contributed by atoms with Crippen LogP contribution in [0.1, 0.15) is 33.6 Å². The van der Waals surface area contributed by atoms with Gasteiger partial charge in [0.25, 0.3) is 0 Å². The Balaban J connectivity index is 3.69. The molecule has 0 spiro atoms. The van der Waals surface area contributed by atoms with Crippen LogP contribution in [0.25, 0.3) is 0 Å². The average Bonchev–Trinajstić information content (AvgIpc) is 2.12. The Morgan fingerprint density at radius 3 is 2.33 bits per heavy atom. The molecule has 1 atom stereocenters. The van der Waals surface area contributed by atoms with Gasteiger partial charge in [0.1, 0.15) is 0 Å². The zero-order chi connectivity index (χ0) is 11.7. The molecule has 0 aromatic carbocycles. The van der Waals surface area contributed by atoms with E-state index in [-0.39, 0.29) is 6.10 Å². The molecule has 0 rings (SSSR count). The van der Waals surface area contributed by atoms with Crippen LogP contribution in [0.5, 0.6) is 0 Å². The molecule has 0 saturated heterocycles. The predicted octanol–water partition coefficient (Wildman–Crippen LogP) is 1.75. The van der Waals surface area contributed by atoms with Crippen molar-refractivity contribution in [3.8, 4) is 0 Å². The van der Waals surface area contributed by atoms with Gasteiger partial charge in [0.05, 0.1) is 12.7 Å². The molecular weight excluding hydrogens is 190 g/mol. The van der Waals surface area contributed by atoms with Gasteiger partial charge in [0, 0.05) is 20.2 Å². The molecule has 0 saturated carbocycles. The van der Waals surface area contributed by atoms with Gasteiger partial charge in [-0.3, -0.25) is 0 Å². The van der Waals surface area contributed by atoms with E-state index in [9.17, 15) is 5.11 Å². The van der Waals surface area contributed by atoms with Gasteiger partial charge in [-0.25, -0.2) is 0 Å². The van der Waals surface area contributed by atoms with E-state index in [0.29, 0.717) is 5.92 Å². The third-order valence-corrected chi connectivity index (χ3v) is 2.33. The van der Waals surface area contributed by atoms with E-state index in [0.717, 1.165) is 39.1 Å². The molecular formula is C12H27NO2. The Bertz CT molecular complexity index is 138. The first-order valence-corrected chi connectivity index (χ1v) is 5.95. The first-order valence-electron chi connectivity index (χ1n) is 5.95. The lowest BCUT2D eigenvalue weighted by molar-refractivity contribution is 0.130. The van der Waals surface area contributed by atoms with E-state index in [1.54, 1.807) is 7.11 Å². The number of hydrogen-bond donors (Lipinski definition) is 1. The van der Waals surface area contributed by atoms with Crippen molar-refractivity contribution in [1.82, 2.24) is 4.90 Å². The summed E-state index contributed by atoms with van der Waals surface area (Å²) in [6.07, 6.45) is 1.78. The van der Waals surface area contributed by atoms with Gasteiger partial charge < -0.3 is 14.7 Å². The molecule has 1 unspecified atom stereocenters. The lowest BCUT2D eigenvalue weighted by Crippen LogP contribution is -2.32. The maximum Gasteiger partial charge on any atom is 0.0589 e. The number of aliphatic hydroxyl groups is 1. The van der Waals surface area contributed by atoms with Crippen molar-refractivity contribution >= 4 is 0 Å².